The Bertz CT molecular complexity index is 1250. The van der Waals surface area contributed by atoms with Gasteiger partial charge in [-0.25, -0.2) is 26.7 Å². The number of hydrogen-bond acceptors (Lipinski definition) is 5. The van der Waals surface area contributed by atoms with E-state index in [9.17, 15) is 36.8 Å². The van der Waals surface area contributed by atoms with Gasteiger partial charge in [0.1, 0.15) is 5.54 Å². The maximum Gasteiger partial charge on any atom is 0.408 e. The summed E-state index contributed by atoms with van der Waals surface area (Å²) < 4.78 is 74.7. The molecule has 208 valence electrons. The highest BCUT2D eigenvalue weighted by atomic mass is 19.2. The minimum atomic E-state index is -2.25. The molecule has 1 atom stereocenters. The van der Waals surface area contributed by atoms with Gasteiger partial charge in [0.05, 0.1) is 6.07 Å². The molecule has 2 N–H and O–H groups in total. The van der Waals surface area contributed by atoms with Gasteiger partial charge in [-0.15, -0.1) is 0 Å². The van der Waals surface area contributed by atoms with Gasteiger partial charge in [-0.3, -0.25) is 9.69 Å². The minimum absolute atomic E-state index is 0.0287. The Balaban J connectivity index is 1.45. The molecule has 7 nitrogen and oxygen atoms in total. The molecule has 12 heteroatoms. The largest absolute Gasteiger partial charge is 0.433 e. The van der Waals surface area contributed by atoms with Crippen LogP contribution < -0.4 is 10.6 Å². The summed E-state index contributed by atoms with van der Waals surface area (Å²) in [4.78, 5) is 27.5. The van der Waals surface area contributed by atoms with E-state index in [0.717, 1.165) is 12.0 Å². The van der Waals surface area contributed by atoms with Gasteiger partial charge in [-0.2, -0.15) is 5.26 Å². The van der Waals surface area contributed by atoms with Gasteiger partial charge in [0.15, 0.2) is 28.9 Å². The maximum absolute atomic E-state index is 14.2. The lowest BCUT2D eigenvalue weighted by molar-refractivity contribution is -0.145. The van der Waals surface area contributed by atoms with E-state index >= 15 is 0 Å². The summed E-state index contributed by atoms with van der Waals surface area (Å²) in [5.41, 5.74) is -3.22. The molecule has 2 amide bonds. The Morgan fingerprint density at radius 1 is 0.923 bits per heavy atom. The van der Waals surface area contributed by atoms with E-state index in [0.29, 0.717) is 12.8 Å². The molecule has 1 heterocycles. The number of hydrogen-bond donors (Lipinski definition) is 2. The van der Waals surface area contributed by atoms with Crippen molar-refractivity contribution in [3.8, 4) is 6.07 Å². The van der Waals surface area contributed by atoms with Crippen molar-refractivity contribution < 1.29 is 36.3 Å². The van der Waals surface area contributed by atoms with Gasteiger partial charge in [0.2, 0.25) is 5.82 Å². The first-order chi connectivity index (χ1) is 18.6. The highest BCUT2D eigenvalue weighted by Crippen LogP contribution is 2.34. The monoisotopic (exact) mass is 550 g/mol. The number of alkyl carbamates (subject to hydrolysis) is 1. The molecule has 2 aromatic carbocycles. The van der Waals surface area contributed by atoms with E-state index in [1.165, 1.54) is 4.90 Å². The standard InChI is InChI=1S/C27H27F5N4O3/c28-19-18(20(29)22(31)23(32)21(19)30)14-36-12-11-26(15-33,16-36)35-24(37)27(9-5-2-6-10-27)39-25(38)34-13-17-7-3-1-4-8-17/h1,3-4,7-8H,2,5-6,9-14,16H2,(H,34,38)(H,35,37). The third-order valence-electron chi connectivity index (χ3n) is 7.24. The molecule has 0 spiro atoms. The van der Waals surface area contributed by atoms with Gasteiger partial charge in [0.25, 0.3) is 5.91 Å². The molecular weight excluding hydrogens is 523 g/mol. The first-order valence-corrected chi connectivity index (χ1v) is 12.6. The summed E-state index contributed by atoms with van der Waals surface area (Å²) >= 11 is 0. The number of amides is 2. The second kappa shape index (κ2) is 11.6. The smallest absolute Gasteiger partial charge is 0.408 e. The van der Waals surface area contributed by atoms with E-state index in [1.54, 1.807) is 0 Å². The Hall–Kier alpha value is -3.72. The van der Waals surface area contributed by atoms with E-state index in [2.05, 4.69) is 10.6 Å². The van der Waals surface area contributed by atoms with Crippen LogP contribution in [0.2, 0.25) is 0 Å². The molecule has 1 unspecified atom stereocenters. The van der Waals surface area contributed by atoms with Crippen molar-refractivity contribution in [1.82, 2.24) is 15.5 Å². The summed E-state index contributed by atoms with van der Waals surface area (Å²) in [7, 11) is 0. The zero-order chi connectivity index (χ0) is 28.2. The zero-order valence-electron chi connectivity index (χ0n) is 21.0. The molecule has 39 heavy (non-hydrogen) atoms. The molecule has 1 aliphatic heterocycles. The quantitative estimate of drug-likeness (QED) is 0.299. The summed E-state index contributed by atoms with van der Waals surface area (Å²) in [6, 6.07) is 11.1. The number of halogens is 5. The lowest BCUT2D eigenvalue weighted by atomic mass is 9.83. The number of likely N-dealkylation sites (tertiary alicyclic amines) is 1. The molecule has 2 fully saturated rings. The molecule has 1 saturated heterocycles. The van der Waals surface area contributed by atoms with Gasteiger partial charge in [-0.1, -0.05) is 36.8 Å². The van der Waals surface area contributed by atoms with Gasteiger partial charge in [-0.05, 0) is 37.7 Å². The molecule has 1 saturated carbocycles. The van der Waals surface area contributed by atoms with Crippen LogP contribution in [0.1, 0.15) is 49.7 Å². The first kappa shape index (κ1) is 28.3. The summed E-state index contributed by atoms with van der Waals surface area (Å²) in [5.74, 6) is -10.9. The van der Waals surface area contributed by atoms with E-state index in [1.807, 2.05) is 36.4 Å². The molecule has 0 radical (unpaired) electrons. The van der Waals surface area contributed by atoms with Crippen LogP contribution in [-0.2, 0) is 22.6 Å². The lowest BCUT2D eigenvalue weighted by Crippen LogP contribution is -2.59. The molecule has 4 rings (SSSR count). The molecular formula is C27H27F5N4O3. The fourth-order valence-electron chi connectivity index (χ4n) is 5.07. The average Bonchev–Trinajstić information content (AvgIpc) is 3.36. The number of benzene rings is 2. The van der Waals surface area contributed by atoms with Gasteiger partial charge < -0.3 is 15.4 Å². The van der Waals surface area contributed by atoms with E-state index in [-0.39, 0.29) is 38.9 Å². The summed E-state index contributed by atoms with van der Waals surface area (Å²) in [6.07, 6.45) is 1.79. The first-order valence-electron chi connectivity index (χ1n) is 12.6. The number of nitriles is 1. The number of nitrogens with one attached hydrogen (secondary N) is 2. The number of rotatable bonds is 7. The second-order valence-corrected chi connectivity index (χ2v) is 9.94. The van der Waals surface area contributed by atoms with E-state index in [4.69, 9.17) is 4.74 Å². The average molecular weight is 551 g/mol. The third kappa shape index (κ3) is 5.98. The highest BCUT2D eigenvalue weighted by molar-refractivity contribution is 5.88. The molecule has 1 aliphatic carbocycles. The van der Waals surface area contributed by atoms with Crippen molar-refractivity contribution in [3.63, 3.8) is 0 Å². The molecule has 0 aromatic heterocycles. The number of nitrogens with zero attached hydrogens (tertiary/aromatic N) is 2. The van der Waals surface area contributed by atoms with Crippen molar-refractivity contribution in [2.24, 2.45) is 0 Å². The Kier molecular flexibility index (Phi) is 8.39. The van der Waals surface area contributed by atoms with Crippen molar-refractivity contribution in [2.75, 3.05) is 13.1 Å². The second-order valence-electron chi connectivity index (χ2n) is 9.94. The molecule has 0 bridgehead atoms. The van der Waals surface area contributed by atoms with Crippen LogP contribution in [0, 0.1) is 40.4 Å². The number of ether oxygens (including phenoxy) is 1. The van der Waals surface area contributed by atoms with Crippen molar-refractivity contribution >= 4 is 12.0 Å². The van der Waals surface area contributed by atoms with Crippen molar-refractivity contribution in [1.29, 1.82) is 5.26 Å². The minimum Gasteiger partial charge on any atom is -0.433 e. The normalized spacial score (nSPS) is 20.7. The van der Waals surface area contributed by atoms with Crippen LogP contribution >= 0.6 is 0 Å². The topological polar surface area (TPSA) is 94.5 Å². The molecule has 2 aromatic rings. The maximum atomic E-state index is 14.2. The van der Waals surface area contributed by atoms with E-state index < -0.39 is 64.3 Å². The lowest BCUT2D eigenvalue weighted by Gasteiger charge is -2.37. The summed E-state index contributed by atoms with van der Waals surface area (Å²) in [5, 5.41) is 15.2. The van der Waals surface area contributed by atoms with Crippen LogP contribution in [0.4, 0.5) is 26.7 Å². The SMILES string of the molecule is N#CC1(NC(=O)C2(OC(=O)NCc3ccccc3)CCCCC2)CCN(Cc2c(F)c(F)c(F)c(F)c2F)C1. The third-order valence-corrected chi connectivity index (χ3v) is 7.24. The van der Waals surface area contributed by atoms with Crippen LogP contribution in [0.25, 0.3) is 0 Å². The van der Waals surface area contributed by atoms with Gasteiger partial charge >= 0.3 is 6.09 Å². The van der Waals surface area contributed by atoms with Crippen molar-refractivity contribution in [3.05, 3.63) is 70.5 Å². The fourth-order valence-corrected chi connectivity index (χ4v) is 5.07. The predicted molar refractivity (Wildman–Crippen MR) is 128 cm³/mol. The Morgan fingerprint density at radius 2 is 1.54 bits per heavy atom. The highest BCUT2D eigenvalue weighted by Gasteiger charge is 2.49. The Morgan fingerprint density at radius 3 is 2.15 bits per heavy atom. The number of carbonyl (C=O) groups is 2. The van der Waals surface area contributed by atoms with Crippen LogP contribution in [0.3, 0.4) is 0 Å². The zero-order valence-corrected chi connectivity index (χ0v) is 21.0. The number of carbonyl (C=O) groups excluding carboxylic acids is 2. The van der Waals surface area contributed by atoms with Gasteiger partial charge in [0, 0.05) is 31.7 Å². The van der Waals surface area contributed by atoms with Crippen LogP contribution in [0.5, 0.6) is 0 Å². The molecule has 2 aliphatic rings. The van der Waals surface area contributed by atoms with Crippen LogP contribution in [0.15, 0.2) is 30.3 Å². The Labute approximate surface area is 221 Å². The van der Waals surface area contributed by atoms with Crippen LogP contribution in [-0.4, -0.2) is 41.1 Å². The fraction of sp³-hybridized carbons (Fsp3) is 0.444. The predicted octanol–water partition coefficient (Wildman–Crippen LogP) is 4.60. The summed E-state index contributed by atoms with van der Waals surface area (Å²) in [6.45, 7) is -0.662. The van der Waals surface area contributed by atoms with Crippen molar-refractivity contribution in [2.45, 2.75) is 62.8 Å².